The quantitative estimate of drug-likeness (QED) is 0.0910. The number of ether oxygens (including phenoxy) is 7. The minimum Gasteiger partial charge on any atom is -0.455 e. The Bertz CT molecular complexity index is 958. The molecule has 0 saturated carbocycles. The van der Waals surface area contributed by atoms with Gasteiger partial charge in [-0.05, 0) is 12.8 Å². The number of carbonyl (C=O) groups is 4. The van der Waals surface area contributed by atoms with Gasteiger partial charge < -0.3 is 53.6 Å². The highest BCUT2D eigenvalue weighted by Crippen LogP contribution is 2.39. The van der Waals surface area contributed by atoms with Crippen molar-refractivity contribution in [2.45, 2.75) is 141 Å². The van der Waals surface area contributed by atoms with E-state index in [2.05, 4.69) is 0 Å². The molecule has 2 rings (SSSR count). The molecule has 4 N–H and O–H groups in total. The van der Waals surface area contributed by atoms with Gasteiger partial charge in [0.15, 0.2) is 24.4 Å². The fourth-order valence-electron chi connectivity index (χ4n) is 5.04. The van der Waals surface area contributed by atoms with Crippen molar-refractivity contribution in [3.8, 4) is 0 Å². The number of unbranched alkanes of at least 4 members (excludes halogenated alkanes) is 4. The average molecular weight is 651 g/mol. The van der Waals surface area contributed by atoms with Crippen LogP contribution in [0.1, 0.15) is 86.0 Å². The van der Waals surface area contributed by atoms with Crippen LogP contribution in [0.2, 0.25) is 0 Å². The highest BCUT2D eigenvalue weighted by Gasteiger charge is 2.62. The van der Waals surface area contributed by atoms with Gasteiger partial charge >= 0.3 is 23.9 Å². The fourth-order valence-corrected chi connectivity index (χ4v) is 5.04. The van der Waals surface area contributed by atoms with E-state index in [0.717, 1.165) is 32.6 Å². The Balaban J connectivity index is 2.51. The van der Waals surface area contributed by atoms with Crippen molar-refractivity contribution in [1.82, 2.24) is 0 Å². The van der Waals surface area contributed by atoms with Crippen LogP contribution in [-0.4, -0.2) is 119 Å². The molecule has 0 aromatic rings. The Morgan fingerprint density at radius 2 is 1.36 bits per heavy atom. The van der Waals surface area contributed by atoms with Crippen LogP contribution in [0, 0.1) is 5.92 Å². The molecule has 0 radical (unpaired) electrons. The molecule has 2 heterocycles. The van der Waals surface area contributed by atoms with E-state index in [9.17, 15) is 39.6 Å². The van der Waals surface area contributed by atoms with Crippen LogP contribution in [-0.2, 0) is 52.3 Å². The van der Waals surface area contributed by atoms with Crippen molar-refractivity contribution >= 4 is 23.9 Å². The van der Waals surface area contributed by atoms with Crippen molar-refractivity contribution in [2.24, 2.45) is 5.92 Å². The van der Waals surface area contributed by atoms with Crippen LogP contribution in [0.3, 0.4) is 0 Å². The maximum atomic E-state index is 12.8. The summed E-state index contributed by atoms with van der Waals surface area (Å²) in [5.41, 5.74) is 0. The first kappa shape index (κ1) is 38.8. The first-order chi connectivity index (χ1) is 21.4. The van der Waals surface area contributed by atoms with Gasteiger partial charge in [0.1, 0.15) is 24.9 Å². The van der Waals surface area contributed by atoms with Crippen molar-refractivity contribution in [3.05, 3.63) is 0 Å². The molecule has 260 valence electrons. The highest BCUT2D eigenvalue weighted by molar-refractivity contribution is 5.72. The third-order valence-electron chi connectivity index (χ3n) is 7.48. The molecule has 2 aliphatic heterocycles. The zero-order chi connectivity index (χ0) is 33.7. The van der Waals surface area contributed by atoms with E-state index in [1.54, 1.807) is 13.8 Å². The second-order valence-electron chi connectivity index (χ2n) is 11.6. The second-order valence-corrected chi connectivity index (χ2v) is 11.6. The van der Waals surface area contributed by atoms with Gasteiger partial charge in [-0.2, -0.15) is 0 Å². The van der Waals surface area contributed by atoms with Crippen LogP contribution >= 0.6 is 0 Å². The van der Waals surface area contributed by atoms with E-state index < -0.39 is 104 Å². The summed E-state index contributed by atoms with van der Waals surface area (Å²) in [6.07, 6.45) is -8.40. The SMILES string of the molecule is CCCCCC(=O)OC1C(CO)OC(OC2(CO)OC(CO)C(O)C2OC(=O)CCCCC)C(OC(C)=O)C1OC(=O)C(C)C. The number of carbonyl (C=O) groups excluding carboxylic acids is 4. The molecule has 0 spiro atoms. The molecule has 0 bridgehead atoms. The second kappa shape index (κ2) is 18.7. The Hall–Kier alpha value is -2.40. The summed E-state index contributed by atoms with van der Waals surface area (Å²) in [4.78, 5) is 50.5. The van der Waals surface area contributed by atoms with E-state index in [4.69, 9.17) is 33.2 Å². The summed E-state index contributed by atoms with van der Waals surface area (Å²) in [6.45, 7) is 5.49. The molecule has 9 unspecified atom stereocenters. The number of hydrogen-bond donors (Lipinski definition) is 4. The van der Waals surface area contributed by atoms with Crippen LogP contribution in [0.4, 0.5) is 0 Å². The number of aliphatic hydroxyl groups excluding tert-OH is 4. The summed E-state index contributed by atoms with van der Waals surface area (Å²) in [5.74, 6) is -6.08. The maximum Gasteiger partial charge on any atom is 0.308 e. The maximum absolute atomic E-state index is 12.8. The van der Waals surface area contributed by atoms with E-state index >= 15 is 0 Å². The van der Waals surface area contributed by atoms with Crippen LogP contribution in [0.25, 0.3) is 0 Å². The van der Waals surface area contributed by atoms with E-state index in [1.807, 2.05) is 13.8 Å². The predicted molar refractivity (Wildman–Crippen MR) is 153 cm³/mol. The number of hydrogen-bond acceptors (Lipinski definition) is 15. The van der Waals surface area contributed by atoms with Crippen molar-refractivity contribution in [2.75, 3.05) is 19.8 Å². The molecule has 0 aliphatic carbocycles. The lowest BCUT2D eigenvalue weighted by molar-refractivity contribution is -0.384. The molecule has 2 fully saturated rings. The smallest absolute Gasteiger partial charge is 0.308 e. The van der Waals surface area contributed by atoms with Gasteiger partial charge in [-0.15, -0.1) is 0 Å². The van der Waals surface area contributed by atoms with Crippen LogP contribution in [0.15, 0.2) is 0 Å². The highest BCUT2D eigenvalue weighted by atomic mass is 16.8. The topological polar surface area (TPSA) is 214 Å². The first-order valence-electron chi connectivity index (χ1n) is 15.7. The van der Waals surface area contributed by atoms with Gasteiger partial charge in [0.25, 0.3) is 0 Å². The summed E-state index contributed by atoms with van der Waals surface area (Å²) in [6, 6.07) is 0. The normalized spacial score (nSPS) is 31.4. The monoisotopic (exact) mass is 650 g/mol. The van der Waals surface area contributed by atoms with Gasteiger partial charge in [-0.1, -0.05) is 53.4 Å². The van der Waals surface area contributed by atoms with Gasteiger partial charge in [-0.25, -0.2) is 0 Å². The molecule has 0 amide bonds. The summed E-state index contributed by atoms with van der Waals surface area (Å²) in [7, 11) is 0. The van der Waals surface area contributed by atoms with E-state index in [1.165, 1.54) is 0 Å². The third-order valence-corrected chi connectivity index (χ3v) is 7.48. The van der Waals surface area contributed by atoms with E-state index in [-0.39, 0.29) is 12.8 Å². The van der Waals surface area contributed by atoms with Gasteiger partial charge in [0, 0.05) is 19.8 Å². The minimum atomic E-state index is -2.37. The van der Waals surface area contributed by atoms with Crippen molar-refractivity contribution in [3.63, 3.8) is 0 Å². The lowest BCUT2D eigenvalue weighted by atomic mass is 9.97. The lowest BCUT2D eigenvalue weighted by Gasteiger charge is -2.46. The summed E-state index contributed by atoms with van der Waals surface area (Å²) < 4.78 is 39.8. The van der Waals surface area contributed by atoms with Crippen LogP contribution < -0.4 is 0 Å². The minimum absolute atomic E-state index is 0.0104. The zero-order valence-electron chi connectivity index (χ0n) is 26.8. The Kier molecular flexibility index (Phi) is 16.1. The molecule has 15 heteroatoms. The van der Waals surface area contributed by atoms with Crippen molar-refractivity contribution in [1.29, 1.82) is 0 Å². The molecule has 2 saturated heterocycles. The Labute approximate surface area is 263 Å². The molecular weight excluding hydrogens is 600 g/mol. The van der Waals surface area contributed by atoms with E-state index in [0.29, 0.717) is 12.8 Å². The zero-order valence-corrected chi connectivity index (χ0v) is 26.8. The predicted octanol–water partition coefficient (Wildman–Crippen LogP) is 0.645. The molecular formula is C30H50O15. The first-order valence-corrected chi connectivity index (χ1v) is 15.7. The standard InChI is InChI=1S/C30H50O15/c1-6-8-10-12-21(35)41-24-20(15-32)40-29(26(39-18(5)34)25(24)43-28(38)17(3)4)45-30(16-33)27(23(37)19(14-31)44-30)42-22(36)13-11-9-7-2/h17,19-20,23-27,29,31-33,37H,6-16H2,1-5H3. The van der Waals surface area contributed by atoms with Crippen molar-refractivity contribution < 1.29 is 72.8 Å². The molecule has 15 nitrogen and oxygen atoms in total. The largest absolute Gasteiger partial charge is 0.455 e. The fraction of sp³-hybridized carbons (Fsp3) is 0.867. The Morgan fingerprint density at radius 1 is 0.778 bits per heavy atom. The molecule has 45 heavy (non-hydrogen) atoms. The summed E-state index contributed by atoms with van der Waals surface area (Å²) >= 11 is 0. The Morgan fingerprint density at radius 3 is 1.84 bits per heavy atom. The molecule has 9 atom stereocenters. The van der Waals surface area contributed by atoms with Gasteiger partial charge in [0.2, 0.25) is 12.1 Å². The molecule has 0 aromatic heterocycles. The van der Waals surface area contributed by atoms with Gasteiger partial charge in [0.05, 0.1) is 19.1 Å². The average Bonchev–Trinajstić information content (AvgIpc) is 3.25. The third kappa shape index (κ3) is 10.6. The summed E-state index contributed by atoms with van der Waals surface area (Å²) in [5, 5.41) is 41.5. The molecule has 0 aromatic carbocycles. The van der Waals surface area contributed by atoms with Crippen LogP contribution in [0.5, 0.6) is 0 Å². The number of esters is 4. The molecule has 2 aliphatic rings. The lowest BCUT2D eigenvalue weighted by Crippen LogP contribution is -2.65. The number of aliphatic hydroxyl groups is 4. The van der Waals surface area contributed by atoms with Gasteiger partial charge in [-0.3, -0.25) is 19.2 Å². The number of rotatable bonds is 18.